The van der Waals surface area contributed by atoms with Gasteiger partial charge in [0.15, 0.2) is 0 Å². The van der Waals surface area contributed by atoms with Gasteiger partial charge in [-0.15, -0.1) is 12.4 Å². The SMILES string of the molecule is CC([NH3+])N(C)C.Cl. The number of halogens is 1. The zero-order valence-corrected chi connectivity index (χ0v) is 5.96. The Morgan fingerprint density at radius 2 is 1.57 bits per heavy atom. The Hall–Kier alpha value is 0.210. The molecule has 0 rings (SSSR count). The molecule has 0 bridgehead atoms. The van der Waals surface area contributed by atoms with Crippen molar-refractivity contribution in [1.82, 2.24) is 4.90 Å². The molecule has 2 nitrogen and oxygen atoms in total. The highest BCUT2D eigenvalue weighted by molar-refractivity contribution is 5.85. The Labute approximate surface area is 51.1 Å². The molecule has 0 aromatic rings. The average Bonchev–Trinajstić information content (AvgIpc) is 1.36. The zero-order chi connectivity index (χ0) is 5.15. The Morgan fingerprint density at radius 3 is 1.57 bits per heavy atom. The molecule has 0 aliphatic carbocycles. The molecule has 0 amide bonds. The van der Waals surface area contributed by atoms with Gasteiger partial charge in [0.25, 0.3) is 0 Å². The van der Waals surface area contributed by atoms with Crippen molar-refractivity contribution in [1.29, 1.82) is 0 Å². The second-order valence-electron chi connectivity index (χ2n) is 1.81. The molecule has 0 fully saturated rings. The smallest absolute Gasteiger partial charge is 0.137 e. The van der Waals surface area contributed by atoms with Crippen molar-refractivity contribution in [3.8, 4) is 0 Å². The molecule has 3 N–H and O–H groups in total. The number of rotatable bonds is 1. The molecule has 0 aliphatic rings. The number of hydrogen-bond acceptors (Lipinski definition) is 1. The molecule has 1 unspecified atom stereocenters. The molecule has 0 aliphatic heterocycles. The van der Waals surface area contributed by atoms with Crippen molar-refractivity contribution in [3.63, 3.8) is 0 Å². The van der Waals surface area contributed by atoms with Gasteiger partial charge >= 0.3 is 0 Å². The van der Waals surface area contributed by atoms with Crippen molar-refractivity contribution in [2.45, 2.75) is 13.1 Å². The molecule has 0 spiro atoms. The molecule has 0 saturated heterocycles. The fraction of sp³-hybridized carbons (Fsp3) is 1.00. The fourth-order valence-electron chi connectivity index (χ4n) is 0. The third kappa shape index (κ3) is 6.21. The first-order chi connectivity index (χ1) is 2.64. The Balaban J connectivity index is 0. The molecule has 0 heterocycles. The summed E-state index contributed by atoms with van der Waals surface area (Å²) in [5.74, 6) is 0. The van der Waals surface area contributed by atoms with Gasteiger partial charge in [-0.3, -0.25) is 4.90 Å². The van der Waals surface area contributed by atoms with Gasteiger partial charge in [-0.05, 0) is 14.1 Å². The summed E-state index contributed by atoms with van der Waals surface area (Å²) in [6.07, 6.45) is 0.435. The van der Waals surface area contributed by atoms with E-state index in [1.165, 1.54) is 0 Å². The van der Waals surface area contributed by atoms with Gasteiger partial charge < -0.3 is 5.73 Å². The summed E-state index contributed by atoms with van der Waals surface area (Å²) in [5.41, 5.74) is 3.76. The monoisotopic (exact) mass is 125 g/mol. The van der Waals surface area contributed by atoms with Crippen molar-refractivity contribution in [3.05, 3.63) is 0 Å². The first kappa shape index (κ1) is 10.2. The second-order valence-corrected chi connectivity index (χ2v) is 1.81. The summed E-state index contributed by atoms with van der Waals surface area (Å²) in [6, 6.07) is 0. The normalized spacial score (nSPS) is 13.3. The molecule has 7 heavy (non-hydrogen) atoms. The lowest BCUT2D eigenvalue weighted by Gasteiger charge is -2.08. The molecule has 0 radical (unpaired) electrons. The highest BCUT2D eigenvalue weighted by atomic mass is 35.5. The first-order valence-corrected chi connectivity index (χ1v) is 2.14. The molecule has 3 heteroatoms. The highest BCUT2D eigenvalue weighted by Crippen LogP contribution is 1.72. The van der Waals surface area contributed by atoms with Crippen LogP contribution in [0.1, 0.15) is 6.92 Å². The third-order valence-corrected chi connectivity index (χ3v) is 0.882. The maximum absolute atomic E-state index is 3.76. The van der Waals surface area contributed by atoms with Crippen LogP contribution in [0.15, 0.2) is 0 Å². The summed E-state index contributed by atoms with van der Waals surface area (Å²) in [7, 11) is 4.02. The van der Waals surface area contributed by atoms with Crippen molar-refractivity contribution in [2.24, 2.45) is 0 Å². The van der Waals surface area contributed by atoms with E-state index in [-0.39, 0.29) is 12.4 Å². The summed E-state index contributed by atoms with van der Waals surface area (Å²) in [6.45, 7) is 2.06. The van der Waals surface area contributed by atoms with Gasteiger partial charge in [-0.1, -0.05) is 0 Å². The van der Waals surface area contributed by atoms with E-state index in [4.69, 9.17) is 0 Å². The minimum Gasteiger partial charge on any atom is -0.343 e. The maximum Gasteiger partial charge on any atom is 0.137 e. The zero-order valence-electron chi connectivity index (χ0n) is 5.14. The van der Waals surface area contributed by atoms with E-state index in [2.05, 4.69) is 17.6 Å². The standard InChI is InChI=1S/C4H12N2.ClH/c1-4(5)6(2)3;/h4H,5H2,1-3H3;1H/p+1. The lowest BCUT2D eigenvalue weighted by molar-refractivity contribution is -0.446. The van der Waals surface area contributed by atoms with Crippen LogP contribution in [0, 0.1) is 0 Å². The summed E-state index contributed by atoms with van der Waals surface area (Å²) < 4.78 is 0. The fourth-order valence-corrected chi connectivity index (χ4v) is 0. The Morgan fingerprint density at radius 1 is 1.43 bits per heavy atom. The van der Waals surface area contributed by atoms with Crippen molar-refractivity contribution in [2.75, 3.05) is 14.1 Å². The molecular formula is C4H14ClN2+. The molecule has 1 atom stereocenters. The van der Waals surface area contributed by atoms with E-state index >= 15 is 0 Å². The minimum absolute atomic E-state index is 0. The van der Waals surface area contributed by atoms with Crippen molar-refractivity contribution >= 4 is 12.4 Å². The molecule has 46 valence electrons. The van der Waals surface area contributed by atoms with Crippen molar-refractivity contribution < 1.29 is 5.73 Å². The topological polar surface area (TPSA) is 30.9 Å². The quantitative estimate of drug-likeness (QED) is 0.474. The van der Waals surface area contributed by atoms with E-state index in [0.717, 1.165) is 0 Å². The molecule has 0 aromatic carbocycles. The van der Waals surface area contributed by atoms with Gasteiger partial charge in [-0.2, -0.15) is 0 Å². The van der Waals surface area contributed by atoms with Crippen LogP contribution in [0.3, 0.4) is 0 Å². The summed E-state index contributed by atoms with van der Waals surface area (Å²) in [5, 5.41) is 0. The van der Waals surface area contributed by atoms with Crippen LogP contribution >= 0.6 is 12.4 Å². The third-order valence-electron chi connectivity index (χ3n) is 0.882. The largest absolute Gasteiger partial charge is 0.343 e. The van der Waals surface area contributed by atoms with Crippen LogP contribution < -0.4 is 5.73 Å². The average molecular weight is 126 g/mol. The number of quaternary nitrogens is 1. The van der Waals surface area contributed by atoms with Crippen LogP contribution in [0.5, 0.6) is 0 Å². The van der Waals surface area contributed by atoms with Gasteiger partial charge in [0, 0.05) is 6.92 Å². The lowest BCUT2D eigenvalue weighted by atomic mass is 10.6. The minimum atomic E-state index is 0. The maximum atomic E-state index is 3.76. The second kappa shape index (κ2) is 4.37. The molecular weight excluding hydrogens is 112 g/mol. The van der Waals surface area contributed by atoms with Gasteiger partial charge in [0.05, 0.1) is 0 Å². The van der Waals surface area contributed by atoms with Crippen LogP contribution in [-0.2, 0) is 0 Å². The van der Waals surface area contributed by atoms with Gasteiger partial charge in [0.2, 0.25) is 0 Å². The van der Waals surface area contributed by atoms with Gasteiger partial charge in [-0.25, -0.2) is 0 Å². The predicted octanol–water partition coefficient (Wildman–Crippen LogP) is -0.442. The van der Waals surface area contributed by atoms with E-state index in [1.807, 2.05) is 14.1 Å². The summed E-state index contributed by atoms with van der Waals surface area (Å²) >= 11 is 0. The molecule has 0 aromatic heterocycles. The lowest BCUT2D eigenvalue weighted by Crippen LogP contribution is -2.65. The highest BCUT2D eigenvalue weighted by Gasteiger charge is 1.94. The van der Waals surface area contributed by atoms with Gasteiger partial charge in [0.1, 0.15) is 6.17 Å². The van der Waals surface area contributed by atoms with Crippen LogP contribution in [-0.4, -0.2) is 25.2 Å². The first-order valence-electron chi connectivity index (χ1n) is 2.14. The van der Waals surface area contributed by atoms with E-state index in [9.17, 15) is 0 Å². The van der Waals surface area contributed by atoms with E-state index in [1.54, 1.807) is 0 Å². The van der Waals surface area contributed by atoms with E-state index in [0.29, 0.717) is 6.17 Å². The number of hydrogen-bond donors (Lipinski definition) is 1. The Bertz CT molecular complexity index is 30.7. The Kier molecular flexibility index (Phi) is 6.40. The number of nitrogens with zero attached hydrogens (tertiary/aromatic N) is 1. The summed E-state index contributed by atoms with van der Waals surface area (Å²) in [4.78, 5) is 2.06. The van der Waals surface area contributed by atoms with E-state index < -0.39 is 0 Å². The van der Waals surface area contributed by atoms with Crippen LogP contribution in [0.2, 0.25) is 0 Å². The van der Waals surface area contributed by atoms with Crippen LogP contribution in [0.4, 0.5) is 0 Å². The molecule has 0 saturated carbocycles. The van der Waals surface area contributed by atoms with Crippen LogP contribution in [0.25, 0.3) is 0 Å². The predicted molar refractivity (Wildman–Crippen MR) is 33.3 cm³/mol.